The summed E-state index contributed by atoms with van der Waals surface area (Å²) in [5.74, 6) is 0.648. The second-order valence-electron chi connectivity index (χ2n) is 4.82. The van der Waals surface area contributed by atoms with E-state index in [0.717, 1.165) is 39.0 Å². The van der Waals surface area contributed by atoms with Crippen LogP contribution < -0.4 is 5.73 Å². The summed E-state index contributed by atoms with van der Waals surface area (Å²) in [6.45, 7) is 4.98. The lowest BCUT2D eigenvalue weighted by molar-refractivity contribution is -0.149. The number of amides is 1. The quantitative estimate of drug-likeness (QED) is 0.719. The van der Waals surface area contributed by atoms with Gasteiger partial charge in [0.25, 0.3) is 5.91 Å². The first-order valence-corrected chi connectivity index (χ1v) is 5.79. The van der Waals surface area contributed by atoms with Crippen LogP contribution in [0.5, 0.6) is 0 Å². The molecule has 15 heavy (non-hydrogen) atoms. The molecule has 0 aliphatic carbocycles. The summed E-state index contributed by atoms with van der Waals surface area (Å²) in [5.41, 5.74) is 5.06. The van der Waals surface area contributed by atoms with Gasteiger partial charge < -0.3 is 15.4 Å². The van der Waals surface area contributed by atoms with Crippen molar-refractivity contribution in [2.75, 3.05) is 26.2 Å². The molecule has 2 atom stereocenters. The van der Waals surface area contributed by atoms with Gasteiger partial charge in [0.15, 0.2) is 0 Å². The highest BCUT2D eigenvalue weighted by atomic mass is 16.5. The molecular formula is C11H20N2O2. The molecule has 2 N–H and O–H groups in total. The lowest BCUT2D eigenvalue weighted by Crippen LogP contribution is -2.46. The van der Waals surface area contributed by atoms with Gasteiger partial charge in [-0.1, -0.05) is 0 Å². The second kappa shape index (κ2) is 4.10. The molecule has 0 spiro atoms. The van der Waals surface area contributed by atoms with E-state index in [1.165, 1.54) is 0 Å². The van der Waals surface area contributed by atoms with E-state index in [1.54, 1.807) is 0 Å². The van der Waals surface area contributed by atoms with E-state index in [-0.39, 0.29) is 5.91 Å². The Labute approximate surface area is 90.8 Å². The first kappa shape index (κ1) is 10.9. The van der Waals surface area contributed by atoms with E-state index in [4.69, 9.17) is 10.5 Å². The van der Waals surface area contributed by atoms with Gasteiger partial charge in [0.05, 0.1) is 0 Å². The minimum Gasteiger partial charge on any atom is -0.365 e. The molecule has 2 aliphatic rings. The second-order valence-corrected chi connectivity index (χ2v) is 4.82. The maximum absolute atomic E-state index is 12.2. The van der Waals surface area contributed by atoms with E-state index in [0.29, 0.717) is 12.5 Å². The summed E-state index contributed by atoms with van der Waals surface area (Å²) in [6, 6.07) is 0. The number of hydrogen-bond donors (Lipinski definition) is 1. The topological polar surface area (TPSA) is 55.6 Å². The van der Waals surface area contributed by atoms with Crippen LogP contribution in [0.2, 0.25) is 0 Å². The van der Waals surface area contributed by atoms with Crippen LogP contribution in [0.4, 0.5) is 0 Å². The standard InChI is InChI=1S/C11H20N2O2/c1-11(4-2-6-15-11)10(14)13-5-3-9(7-12)8-13/h9H,2-8,12H2,1H3. The van der Waals surface area contributed by atoms with Crippen molar-refractivity contribution >= 4 is 5.91 Å². The molecule has 4 nitrogen and oxygen atoms in total. The molecule has 2 heterocycles. The first-order chi connectivity index (χ1) is 7.15. The SMILES string of the molecule is CC1(C(=O)N2CCC(CN)C2)CCCO1. The molecular weight excluding hydrogens is 192 g/mol. The first-order valence-electron chi connectivity index (χ1n) is 5.79. The molecule has 2 fully saturated rings. The highest BCUT2D eigenvalue weighted by Gasteiger charge is 2.42. The number of nitrogens with two attached hydrogens (primary N) is 1. The third-order valence-electron chi connectivity index (χ3n) is 3.58. The zero-order chi connectivity index (χ0) is 10.9. The largest absolute Gasteiger partial charge is 0.365 e. The van der Waals surface area contributed by atoms with Gasteiger partial charge in [0, 0.05) is 19.7 Å². The monoisotopic (exact) mass is 212 g/mol. The smallest absolute Gasteiger partial charge is 0.254 e. The van der Waals surface area contributed by atoms with E-state index >= 15 is 0 Å². The summed E-state index contributed by atoms with van der Waals surface area (Å²) in [7, 11) is 0. The van der Waals surface area contributed by atoms with Gasteiger partial charge in [-0.2, -0.15) is 0 Å². The Hall–Kier alpha value is -0.610. The van der Waals surface area contributed by atoms with E-state index in [9.17, 15) is 4.79 Å². The molecule has 2 aliphatic heterocycles. The summed E-state index contributed by atoms with van der Waals surface area (Å²) in [4.78, 5) is 14.1. The highest BCUT2D eigenvalue weighted by Crippen LogP contribution is 2.29. The summed E-state index contributed by atoms with van der Waals surface area (Å²) in [6.07, 6.45) is 2.89. The molecule has 0 aromatic rings. The predicted octanol–water partition coefficient (Wildman–Crippen LogP) is 0.363. The Kier molecular flexibility index (Phi) is 2.98. The summed E-state index contributed by atoms with van der Waals surface area (Å²) >= 11 is 0. The van der Waals surface area contributed by atoms with Crippen LogP contribution in [-0.4, -0.2) is 42.6 Å². The molecule has 0 saturated carbocycles. The molecule has 2 unspecified atom stereocenters. The fraction of sp³-hybridized carbons (Fsp3) is 0.909. The maximum atomic E-state index is 12.2. The molecule has 0 bridgehead atoms. The van der Waals surface area contributed by atoms with Gasteiger partial charge in [-0.15, -0.1) is 0 Å². The zero-order valence-corrected chi connectivity index (χ0v) is 9.37. The fourth-order valence-corrected chi connectivity index (χ4v) is 2.49. The van der Waals surface area contributed by atoms with E-state index in [2.05, 4.69) is 0 Å². The van der Waals surface area contributed by atoms with Crippen LogP contribution in [0.25, 0.3) is 0 Å². The normalized spacial score (nSPS) is 36.1. The van der Waals surface area contributed by atoms with E-state index in [1.807, 2.05) is 11.8 Å². The van der Waals surface area contributed by atoms with Crippen LogP contribution >= 0.6 is 0 Å². The Bertz CT molecular complexity index is 249. The summed E-state index contributed by atoms with van der Waals surface area (Å²) in [5, 5.41) is 0. The molecule has 0 radical (unpaired) electrons. The van der Waals surface area contributed by atoms with Crippen LogP contribution in [0.1, 0.15) is 26.2 Å². The Morgan fingerprint density at radius 1 is 1.67 bits per heavy atom. The van der Waals surface area contributed by atoms with Crippen molar-refractivity contribution in [1.82, 2.24) is 4.90 Å². The van der Waals surface area contributed by atoms with Crippen molar-refractivity contribution in [3.8, 4) is 0 Å². The van der Waals surface area contributed by atoms with E-state index < -0.39 is 5.60 Å². The van der Waals surface area contributed by atoms with Crippen molar-refractivity contribution in [3.05, 3.63) is 0 Å². The number of likely N-dealkylation sites (tertiary alicyclic amines) is 1. The Morgan fingerprint density at radius 3 is 3.00 bits per heavy atom. The van der Waals surface area contributed by atoms with Crippen molar-refractivity contribution in [2.45, 2.75) is 31.8 Å². The minimum absolute atomic E-state index is 0.163. The molecule has 0 aromatic heterocycles. The zero-order valence-electron chi connectivity index (χ0n) is 9.37. The van der Waals surface area contributed by atoms with Crippen molar-refractivity contribution in [2.24, 2.45) is 11.7 Å². The molecule has 2 saturated heterocycles. The number of hydrogen-bond acceptors (Lipinski definition) is 3. The van der Waals surface area contributed by atoms with Gasteiger partial charge in [0.1, 0.15) is 5.60 Å². The van der Waals surface area contributed by atoms with Gasteiger partial charge in [-0.3, -0.25) is 4.79 Å². The van der Waals surface area contributed by atoms with Crippen LogP contribution in [-0.2, 0) is 9.53 Å². The number of carbonyl (C=O) groups excluding carboxylic acids is 1. The average Bonchev–Trinajstić information content (AvgIpc) is 2.85. The highest BCUT2D eigenvalue weighted by molar-refractivity contribution is 5.85. The minimum atomic E-state index is -0.552. The summed E-state index contributed by atoms with van der Waals surface area (Å²) < 4.78 is 5.56. The third-order valence-corrected chi connectivity index (χ3v) is 3.58. The van der Waals surface area contributed by atoms with Gasteiger partial charge in [-0.25, -0.2) is 0 Å². The predicted molar refractivity (Wildman–Crippen MR) is 57.3 cm³/mol. The van der Waals surface area contributed by atoms with Gasteiger partial charge >= 0.3 is 0 Å². The molecule has 1 amide bonds. The number of carbonyl (C=O) groups is 1. The maximum Gasteiger partial charge on any atom is 0.254 e. The van der Waals surface area contributed by atoms with Crippen molar-refractivity contribution < 1.29 is 9.53 Å². The molecule has 2 rings (SSSR count). The van der Waals surface area contributed by atoms with Gasteiger partial charge in [0.2, 0.25) is 0 Å². The van der Waals surface area contributed by atoms with Crippen LogP contribution in [0.15, 0.2) is 0 Å². The molecule has 4 heteroatoms. The average molecular weight is 212 g/mol. The molecule has 0 aromatic carbocycles. The Morgan fingerprint density at radius 2 is 2.47 bits per heavy atom. The van der Waals surface area contributed by atoms with Gasteiger partial charge in [-0.05, 0) is 38.6 Å². The van der Waals surface area contributed by atoms with Crippen molar-refractivity contribution in [3.63, 3.8) is 0 Å². The molecule has 86 valence electrons. The number of ether oxygens (including phenoxy) is 1. The number of nitrogens with zero attached hydrogens (tertiary/aromatic N) is 1. The third kappa shape index (κ3) is 2.01. The fourth-order valence-electron chi connectivity index (χ4n) is 2.49. The number of rotatable bonds is 2. The lowest BCUT2D eigenvalue weighted by Gasteiger charge is -2.28. The van der Waals surface area contributed by atoms with Crippen LogP contribution in [0.3, 0.4) is 0 Å². The lowest BCUT2D eigenvalue weighted by atomic mass is 10.0. The van der Waals surface area contributed by atoms with Crippen molar-refractivity contribution in [1.29, 1.82) is 0 Å². The van der Waals surface area contributed by atoms with Crippen LogP contribution in [0, 0.1) is 5.92 Å². The Balaban J connectivity index is 1.96.